The van der Waals surface area contributed by atoms with E-state index in [0.29, 0.717) is 17.7 Å². The standard InChI is InChI=1S/C20H20F2N2O3.ClH/c21-20(22)26-17-9-8-15(11-18(17)27-20)13-4-6-14(7-5-13)19(25)24-10-2-1-3-16(24)12-23;/h4-9,11,16H,1-3,10,12,23H2;1H. The minimum Gasteiger partial charge on any atom is -0.395 e. The van der Waals surface area contributed by atoms with Crippen LogP contribution >= 0.6 is 12.4 Å². The first-order valence-corrected chi connectivity index (χ1v) is 8.98. The normalized spacial score (nSPS) is 19.8. The summed E-state index contributed by atoms with van der Waals surface area (Å²) in [6.45, 7) is 1.18. The van der Waals surface area contributed by atoms with Gasteiger partial charge in [-0.1, -0.05) is 18.2 Å². The van der Waals surface area contributed by atoms with Crippen LogP contribution in [0.1, 0.15) is 29.6 Å². The SMILES string of the molecule is Cl.NCC1CCCCN1C(=O)c1ccc(-c2ccc3c(c2)OC(F)(F)O3)cc1. The molecule has 1 amide bonds. The minimum absolute atomic E-state index is 0. The summed E-state index contributed by atoms with van der Waals surface area (Å²) < 4.78 is 35.2. The van der Waals surface area contributed by atoms with E-state index in [1.165, 1.54) is 12.1 Å². The van der Waals surface area contributed by atoms with Crippen LogP contribution in [0.4, 0.5) is 8.78 Å². The van der Waals surface area contributed by atoms with Crippen LogP contribution in [0, 0.1) is 0 Å². The van der Waals surface area contributed by atoms with Crippen molar-refractivity contribution >= 4 is 18.3 Å². The van der Waals surface area contributed by atoms with Gasteiger partial charge in [-0.3, -0.25) is 4.79 Å². The van der Waals surface area contributed by atoms with Crippen molar-refractivity contribution in [3.8, 4) is 22.6 Å². The lowest BCUT2D eigenvalue weighted by molar-refractivity contribution is -0.286. The predicted octanol–water partition coefficient (Wildman–Crippen LogP) is 4.05. The smallest absolute Gasteiger partial charge is 0.395 e. The van der Waals surface area contributed by atoms with Gasteiger partial charge in [0, 0.05) is 24.7 Å². The first-order chi connectivity index (χ1) is 13.0. The maximum Gasteiger partial charge on any atom is 0.586 e. The van der Waals surface area contributed by atoms with Gasteiger partial charge >= 0.3 is 6.29 Å². The third-order valence-corrected chi connectivity index (χ3v) is 5.03. The van der Waals surface area contributed by atoms with Crippen LogP contribution < -0.4 is 15.2 Å². The fourth-order valence-corrected chi connectivity index (χ4v) is 3.61. The maximum atomic E-state index is 13.2. The molecule has 2 heterocycles. The molecule has 4 rings (SSSR count). The van der Waals surface area contributed by atoms with Gasteiger partial charge in [0.2, 0.25) is 0 Å². The van der Waals surface area contributed by atoms with Gasteiger partial charge in [0.15, 0.2) is 11.5 Å². The topological polar surface area (TPSA) is 64.8 Å². The monoisotopic (exact) mass is 410 g/mol. The molecule has 8 heteroatoms. The van der Waals surface area contributed by atoms with Crippen molar-refractivity contribution in [2.45, 2.75) is 31.6 Å². The van der Waals surface area contributed by atoms with E-state index in [0.717, 1.165) is 31.4 Å². The molecule has 2 aromatic rings. The van der Waals surface area contributed by atoms with Gasteiger partial charge in [-0.15, -0.1) is 21.2 Å². The molecule has 2 aromatic carbocycles. The number of ether oxygens (including phenoxy) is 2. The van der Waals surface area contributed by atoms with Gasteiger partial charge in [-0.05, 0) is 54.7 Å². The van der Waals surface area contributed by atoms with Gasteiger partial charge in [-0.2, -0.15) is 0 Å². The number of alkyl halides is 2. The van der Waals surface area contributed by atoms with E-state index in [4.69, 9.17) is 5.73 Å². The molecule has 28 heavy (non-hydrogen) atoms. The molecule has 0 spiro atoms. The summed E-state index contributed by atoms with van der Waals surface area (Å²) in [6.07, 6.45) is -0.622. The lowest BCUT2D eigenvalue weighted by atomic mass is 9.99. The fourth-order valence-electron chi connectivity index (χ4n) is 3.61. The lowest BCUT2D eigenvalue weighted by Gasteiger charge is -2.35. The highest BCUT2D eigenvalue weighted by Crippen LogP contribution is 2.42. The Morgan fingerprint density at radius 2 is 1.75 bits per heavy atom. The Balaban J connectivity index is 0.00000225. The maximum absolute atomic E-state index is 13.2. The zero-order valence-electron chi connectivity index (χ0n) is 15.1. The number of nitrogens with two attached hydrogens (primary N) is 1. The molecule has 1 fully saturated rings. The number of benzene rings is 2. The van der Waals surface area contributed by atoms with Crippen molar-refractivity contribution in [3.63, 3.8) is 0 Å². The molecule has 150 valence electrons. The van der Waals surface area contributed by atoms with Gasteiger partial charge in [0.25, 0.3) is 5.91 Å². The van der Waals surface area contributed by atoms with Gasteiger partial charge in [0.1, 0.15) is 0 Å². The highest BCUT2D eigenvalue weighted by molar-refractivity contribution is 5.95. The van der Waals surface area contributed by atoms with Crippen LogP contribution in [0.2, 0.25) is 0 Å². The number of hydrogen-bond acceptors (Lipinski definition) is 4. The summed E-state index contributed by atoms with van der Waals surface area (Å²) in [5, 5.41) is 0. The summed E-state index contributed by atoms with van der Waals surface area (Å²) in [4.78, 5) is 14.6. The summed E-state index contributed by atoms with van der Waals surface area (Å²) in [6, 6.07) is 11.8. The average Bonchev–Trinajstić information content (AvgIpc) is 3.00. The fraction of sp³-hybridized carbons (Fsp3) is 0.350. The van der Waals surface area contributed by atoms with E-state index < -0.39 is 6.29 Å². The van der Waals surface area contributed by atoms with Crippen LogP contribution in [0.3, 0.4) is 0 Å². The van der Waals surface area contributed by atoms with Crippen LogP contribution in [-0.2, 0) is 0 Å². The van der Waals surface area contributed by atoms with Crippen LogP contribution in [0.25, 0.3) is 11.1 Å². The summed E-state index contributed by atoms with van der Waals surface area (Å²) in [5.74, 6) is -0.0211. The Hall–Kier alpha value is -2.38. The number of halogens is 3. The van der Waals surface area contributed by atoms with Crippen LogP contribution in [-0.4, -0.2) is 36.2 Å². The Morgan fingerprint density at radius 3 is 2.46 bits per heavy atom. The first-order valence-electron chi connectivity index (χ1n) is 8.98. The van der Waals surface area contributed by atoms with E-state index in [1.807, 2.05) is 4.90 Å². The third-order valence-electron chi connectivity index (χ3n) is 5.03. The quantitative estimate of drug-likeness (QED) is 0.829. The van der Waals surface area contributed by atoms with Crippen molar-refractivity contribution in [2.75, 3.05) is 13.1 Å². The Morgan fingerprint density at radius 1 is 1.07 bits per heavy atom. The lowest BCUT2D eigenvalue weighted by Crippen LogP contribution is -2.47. The van der Waals surface area contributed by atoms with E-state index in [-0.39, 0.29) is 35.9 Å². The zero-order valence-corrected chi connectivity index (χ0v) is 15.9. The highest BCUT2D eigenvalue weighted by atomic mass is 35.5. The molecule has 0 aromatic heterocycles. The molecule has 2 N–H and O–H groups in total. The Labute approximate surface area is 167 Å². The number of amides is 1. The van der Waals surface area contributed by atoms with E-state index >= 15 is 0 Å². The predicted molar refractivity (Wildman–Crippen MR) is 103 cm³/mol. The van der Waals surface area contributed by atoms with Crippen molar-refractivity contribution in [3.05, 3.63) is 48.0 Å². The second-order valence-electron chi connectivity index (χ2n) is 6.79. The number of likely N-dealkylation sites (tertiary alicyclic amines) is 1. The number of carbonyl (C=O) groups excluding carboxylic acids is 1. The number of fused-ring (bicyclic) bond motifs is 1. The van der Waals surface area contributed by atoms with Gasteiger partial charge in [-0.25, -0.2) is 0 Å². The summed E-state index contributed by atoms with van der Waals surface area (Å²) in [5.41, 5.74) is 7.89. The number of piperidine rings is 1. The number of hydrogen-bond donors (Lipinski definition) is 1. The second-order valence-corrected chi connectivity index (χ2v) is 6.79. The molecular formula is C20H21ClF2N2O3. The van der Waals surface area contributed by atoms with Crippen molar-refractivity contribution in [1.82, 2.24) is 4.90 Å². The number of carbonyl (C=O) groups is 1. The first kappa shape index (κ1) is 20.4. The van der Waals surface area contributed by atoms with E-state index in [9.17, 15) is 13.6 Å². The van der Waals surface area contributed by atoms with Crippen LogP contribution in [0.15, 0.2) is 42.5 Å². The molecule has 1 saturated heterocycles. The molecule has 0 radical (unpaired) electrons. The number of rotatable bonds is 3. The van der Waals surface area contributed by atoms with E-state index in [2.05, 4.69) is 9.47 Å². The van der Waals surface area contributed by atoms with Crippen LogP contribution in [0.5, 0.6) is 11.5 Å². The zero-order chi connectivity index (χ0) is 19.0. The molecule has 0 saturated carbocycles. The number of nitrogens with zero attached hydrogens (tertiary/aromatic N) is 1. The Bertz CT molecular complexity index is 861. The summed E-state index contributed by atoms with van der Waals surface area (Å²) >= 11 is 0. The average molecular weight is 411 g/mol. The molecular weight excluding hydrogens is 390 g/mol. The molecule has 1 unspecified atom stereocenters. The van der Waals surface area contributed by atoms with Gasteiger partial charge < -0.3 is 20.1 Å². The Kier molecular flexibility index (Phi) is 5.76. The summed E-state index contributed by atoms with van der Waals surface area (Å²) in [7, 11) is 0. The van der Waals surface area contributed by atoms with Crippen molar-refractivity contribution in [1.29, 1.82) is 0 Å². The largest absolute Gasteiger partial charge is 0.586 e. The molecule has 1 atom stereocenters. The third kappa shape index (κ3) is 3.91. The van der Waals surface area contributed by atoms with Crippen molar-refractivity contribution in [2.24, 2.45) is 5.73 Å². The van der Waals surface area contributed by atoms with Gasteiger partial charge in [0.05, 0.1) is 0 Å². The molecule has 2 aliphatic heterocycles. The molecule has 0 bridgehead atoms. The van der Waals surface area contributed by atoms with Crippen molar-refractivity contribution < 1.29 is 23.0 Å². The van der Waals surface area contributed by atoms with E-state index in [1.54, 1.807) is 30.3 Å². The second kappa shape index (κ2) is 7.93. The minimum atomic E-state index is -3.63. The highest BCUT2D eigenvalue weighted by Gasteiger charge is 2.43. The molecule has 5 nitrogen and oxygen atoms in total. The molecule has 2 aliphatic rings. The molecule has 0 aliphatic carbocycles.